The van der Waals surface area contributed by atoms with Crippen LogP contribution in [0.3, 0.4) is 0 Å². The topological polar surface area (TPSA) is 31.9 Å². The molecule has 0 bridgehead atoms. The number of H-pyrrole nitrogens is 1. The summed E-state index contributed by atoms with van der Waals surface area (Å²) >= 11 is 11.7. The molecule has 1 heterocycles. The fourth-order valence-electron chi connectivity index (χ4n) is 2.49. The van der Waals surface area contributed by atoms with Crippen LogP contribution in [0.2, 0.25) is 0 Å². The molecular weight excluding hydrogens is 317 g/mol. The molecule has 0 aliphatic heterocycles. The highest BCUT2D eigenvalue weighted by Gasteiger charge is 2.08. The first-order valence-corrected chi connectivity index (χ1v) is 8.31. The predicted octanol–water partition coefficient (Wildman–Crippen LogP) is 4.51. The third-order valence-electron chi connectivity index (χ3n) is 3.60. The number of hydrogen-bond donors (Lipinski definition) is 1. The summed E-state index contributed by atoms with van der Waals surface area (Å²) in [4.78, 5) is 10.1. The molecule has 2 aromatic carbocycles. The molecule has 3 aromatic rings. The van der Waals surface area contributed by atoms with Gasteiger partial charge in [0.15, 0.2) is 0 Å². The minimum Gasteiger partial charge on any atom is -0.369 e. The summed E-state index contributed by atoms with van der Waals surface area (Å²) in [6, 6.07) is 16.3. The molecule has 0 aliphatic carbocycles. The van der Waals surface area contributed by atoms with E-state index in [0.717, 1.165) is 41.2 Å². The molecule has 3 nitrogen and oxygen atoms in total. The lowest BCUT2D eigenvalue weighted by Crippen LogP contribution is -2.27. The van der Waals surface area contributed by atoms with E-state index in [1.807, 2.05) is 24.3 Å². The van der Waals surface area contributed by atoms with Gasteiger partial charge < -0.3 is 9.88 Å². The summed E-state index contributed by atoms with van der Waals surface area (Å²) < 4.78 is 0. The van der Waals surface area contributed by atoms with Crippen LogP contribution in [-0.2, 0) is 0 Å². The van der Waals surface area contributed by atoms with Crippen LogP contribution in [0.15, 0.2) is 48.5 Å². The number of nitrogens with zero attached hydrogens (tertiary/aromatic N) is 2. The summed E-state index contributed by atoms with van der Waals surface area (Å²) in [5.41, 5.74) is 4.22. The lowest BCUT2D eigenvalue weighted by atomic mass is 10.2. The van der Waals surface area contributed by atoms with Crippen LogP contribution >= 0.6 is 23.2 Å². The minimum absolute atomic E-state index is 0.586. The Bertz CT molecular complexity index is 698. The summed E-state index contributed by atoms with van der Waals surface area (Å²) in [6.45, 7) is 1.58. The van der Waals surface area contributed by atoms with Crippen LogP contribution in [0.1, 0.15) is 0 Å². The highest BCUT2D eigenvalue weighted by Crippen LogP contribution is 2.23. The lowest BCUT2D eigenvalue weighted by Gasteiger charge is -2.22. The zero-order valence-corrected chi connectivity index (χ0v) is 13.6. The summed E-state index contributed by atoms with van der Waals surface area (Å²) in [5, 5.41) is 0. The average molecular weight is 334 g/mol. The summed E-state index contributed by atoms with van der Waals surface area (Å²) in [6.07, 6.45) is 0. The Morgan fingerprint density at radius 3 is 2.23 bits per heavy atom. The van der Waals surface area contributed by atoms with Crippen LogP contribution < -0.4 is 4.90 Å². The van der Waals surface area contributed by atoms with Gasteiger partial charge in [-0.25, -0.2) is 4.98 Å². The van der Waals surface area contributed by atoms with Crippen LogP contribution in [0.25, 0.3) is 22.4 Å². The Labute approximate surface area is 139 Å². The first-order valence-electron chi connectivity index (χ1n) is 7.24. The number of fused-ring (bicyclic) bond motifs is 1. The van der Waals surface area contributed by atoms with E-state index >= 15 is 0 Å². The average Bonchev–Trinajstić information content (AvgIpc) is 2.99. The molecule has 0 amide bonds. The molecule has 0 atom stereocenters. The Morgan fingerprint density at radius 1 is 0.909 bits per heavy atom. The first kappa shape index (κ1) is 15.2. The quantitative estimate of drug-likeness (QED) is 0.673. The van der Waals surface area contributed by atoms with Gasteiger partial charge in [0.25, 0.3) is 0 Å². The molecule has 1 aromatic heterocycles. The van der Waals surface area contributed by atoms with E-state index in [4.69, 9.17) is 23.2 Å². The van der Waals surface area contributed by atoms with E-state index in [0.29, 0.717) is 11.8 Å². The van der Waals surface area contributed by atoms with Gasteiger partial charge in [0, 0.05) is 36.1 Å². The van der Waals surface area contributed by atoms with E-state index in [1.54, 1.807) is 0 Å². The number of alkyl halides is 2. The third kappa shape index (κ3) is 3.21. The summed E-state index contributed by atoms with van der Waals surface area (Å²) in [5.74, 6) is 2.05. The number of aromatic nitrogens is 2. The molecule has 1 N–H and O–H groups in total. The second kappa shape index (κ2) is 7.03. The number of halogens is 2. The SMILES string of the molecule is ClCCN(CCCl)c1ccc(-c2nc3ccccc3[nH]2)cc1. The maximum absolute atomic E-state index is 5.85. The van der Waals surface area contributed by atoms with Crippen molar-refractivity contribution in [2.24, 2.45) is 0 Å². The van der Waals surface area contributed by atoms with Gasteiger partial charge in [0.1, 0.15) is 5.82 Å². The molecule has 22 heavy (non-hydrogen) atoms. The van der Waals surface area contributed by atoms with Crippen LogP contribution in [0.5, 0.6) is 0 Å². The normalized spacial score (nSPS) is 11.0. The fraction of sp³-hybridized carbons (Fsp3) is 0.235. The molecule has 3 rings (SSSR count). The molecule has 5 heteroatoms. The number of para-hydroxylation sites is 2. The molecule has 114 valence electrons. The molecule has 0 spiro atoms. The maximum atomic E-state index is 5.85. The maximum Gasteiger partial charge on any atom is 0.138 e. The van der Waals surface area contributed by atoms with Crippen LogP contribution in [0.4, 0.5) is 5.69 Å². The number of nitrogens with one attached hydrogen (secondary N) is 1. The first-order chi connectivity index (χ1) is 10.8. The molecule has 0 aliphatic rings. The summed E-state index contributed by atoms with van der Waals surface area (Å²) in [7, 11) is 0. The van der Waals surface area contributed by atoms with Crippen molar-refractivity contribution in [3.63, 3.8) is 0 Å². The van der Waals surface area contributed by atoms with Gasteiger partial charge in [-0.2, -0.15) is 0 Å². The number of rotatable bonds is 6. The smallest absolute Gasteiger partial charge is 0.138 e. The van der Waals surface area contributed by atoms with Crippen LogP contribution in [-0.4, -0.2) is 34.8 Å². The second-order valence-corrected chi connectivity index (χ2v) is 5.77. The Kier molecular flexibility index (Phi) is 4.86. The van der Waals surface area contributed by atoms with Crippen molar-refractivity contribution in [2.45, 2.75) is 0 Å². The van der Waals surface area contributed by atoms with Gasteiger partial charge in [-0.15, -0.1) is 23.2 Å². The highest BCUT2D eigenvalue weighted by molar-refractivity contribution is 6.18. The second-order valence-electron chi connectivity index (χ2n) is 5.01. The monoisotopic (exact) mass is 333 g/mol. The van der Waals surface area contributed by atoms with Crippen LogP contribution in [0, 0.1) is 0 Å². The number of benzene rings is 2. The van der Waals surface area contributed by atoms with Crippen molar-refractivity contribution in [2.75, 3.05) is 29.7 Å². The number of aromatic amines is 1. The van der Waals surface area contributed by atoms with Gasteiger partial charge in [0.05, 0.1) is 11.0 Å². The molecule has 0 saturated carbocycles. The van der Waals surface area contributed by atoms with Gasteiger partial charge in [-0.1, -0.05) is 12.1 Å². The zero-order chi connectivity index (χ0) is 15.4. The van der Waals surface area contributed by atoms with Crippen molar-refractivity contribution in [1.29, 1.82) is 0 Å². The number of imidazole rings is 1. The van der Waals surface area contributed by atoms with Crippen molar-refractivity contribution in [3.8, 4) is 11.4 Å². The zero-order valence-electron chi connectivity index (χ0n) is 12.1. The van der Waals surface area contributed by atoms with Gasteiger partial charge in [0.2, 0.25) is 0 Å². The van der Waals surface area contributed by atoms with Crippen molar-refractivity contribution in [3.05, 3.63) is 48.5 Å². The molecule has 0 saturated heterocycles. The van der Waals surface area contributed by atoms with Crippen molar-refractivity contribution >= 4 is 39.9 Å². The standard InChI is InChI=1S/C17H17Cl2N3/c18-9-11-22(12-10-19)14-7-5-13(6-8-14)17-20-15-3-1-2-4-16(15)21-17/h1-8H,9-12H2,(H,20,21). The van der Waals surface area contributed by atoms with Gasteiger partial charge in [-0.3, -0.25) is 0 Å². The van der Waals surface area contributed by atoms with E-state index in [-0.39, 0.29) is 0 Å². The third-order valence-corrected chi connectivity index (χ3v) is 3.94. The number of anilines is 1. The predicted molar refractivity (Wildman–Crippen MR) is 95.2 cm³/mol. The molecule has 0 radical (unpaired) electrons. The largest absolute Gasteiger partial charge is 0.369 e. The van der Waals surface area contributed by atoms with Gasteiger partial charge in [-0.05, 0) is 36.4 Å². The fourth-order valence-corrected chi connectivity index (χ4v) is 2.90. The van der Waals surface area contributed by atoms with E-state index in [2.05, 4.69) is 39.1 Å². The Morgan fingerprint density at radius 2 is 1.59 bits per heavy atom. The van der Waals surface area contributed by atoms with Gasteiger partial charge >= 0.3 is 0 Å². The van der Waals surface area contributed by atoms with E-state index in [1.165, 1.54) is 0 Å². The molecule has 0 unspecified atom stereocenters. The van der Waals surface area contributed by atoms with Crippen molar-refractivity contribution in [1.82, 2.24) is 9.97 Å². The molecule has 0 fully saturated rings. The minimum atomic E-state index is 0.586. The Balaban J connectivity index is 1.86. The lowest BCUT2D eigenvalue weighted by molar-refractivity contribution is 0.874. The molecular formula is C17H17Cl2N3. The number of hydrogen-bond acceptors (Lipinski definition) is 2. The highest BCUT2D eigenvalue weighted by atomic mass is 35.5. The van der Waals surface area contributed by atoms with E-state index in [9.17, 15) is 0 Å². The van der Waals surface area contributed by atoms with E-state index < -0.39 is 0 Å². The Hall–Kier alpha value is -1.71. The van der Waals surface area contributed by atoms with Crippen molar-refractivity contribution < 1.29 is 0 Å².